The Labute approximate surface area is 331 Å². The molecule has 0 aromatic heterocycles. The molecule has 310 valence electrons. The van der Waals surface area contributed by atoms with Crippen LogP contribution in [0.15, 0.2) is 54.1 Å². The van der Waals surface area contributed by atoms with Crippen LogP contribution in [0.2, 0.25) is 0 Å². The number of hydrogen-bond acceptors (Lipinski definition) is 11. The van der Waals surface area contributed by atoms with Gasteiger partial charge in [0.05, 0.1) is 47.5 Å². The van der Waals surface area contributed by atoms with Gasteiger partial charge in [0, 0.05) is 35.5 Å². The van der Waals surface area contributed by atoms with Crippen LogP contribution in [-0.2, 0) is 33.2 Å². The Hall–Kier alpha value is -3.29. The highest BCUT2D eigenvalue weighted by atomic mass is 16.7. The predicted molar refractivity (Wildman–Crippen MR) is 207 cm³/mol. The third-order valence-electron chi connectivity index (χ3n) is 13.5. The van der Waals surface area contributed by atoms with Gasteiger partial charge in [0.25, 0.3) is 0 Å². The summed E-state index contributed by atoms with van der Waals surface area (Å²) in [4.78, 5) is 41.3. The van der Waals surface area contributed by atoms with Crippen LogP contribution < -0.4 is 5.32 Å². The number of hydrogen-bond donors (Lipinski definition) is 3. The number of fused-ring (bicyclic) bond motifs is 3. The molecule has 12 nitrogen and oxygen atoms in total. The molecule has 12 heteroatoms. The Balaban J connectivity index is 1.48. The standard InChI is InChI=1S/C44H63NO11/c1-13-31-53-30-20-29-42(11,22-51-29)34-36(55-37(47)26-17-15-14-16-18-26)44(41(9,10)50)21-28(24(4)32(44)25(5)35(54-31)43(30,34)12)52-38(48)33(46)27(19-23(2)3)45-39(49)56-40(6,7)8/h13-18,23,25,27-31,33-36,46,50H,1,19-22H2,2-12H3,(H,45,49)/t25-,27-,28-,29+,30-,31?,33?,34+,35-,36-,42+,43+,44-/m0/s1. The molecule has 2 unspecified atom stereocenters. The van der Waals surface area contributed by atoms with Crippen LogP contribution in [-0.4, -0.2) is 95.0 Å². The lowest BCUT2D eigenvalue weighted by Gasteiger charge is -2.68. The van der Waals surface area contributed by atoms with Crippen molar-refractivity contribution in [2.24, 2.45) is 34.0 Å². The summed E-state index contributed by atoms with van der Waals surface area (Å²) in [6.07, 6.45) is -3.59. The molecule has 2 heterocycles. The van der Waals surface area contributed by atoms with Crippen LogP contribution in [0.1, 0.15) is 106 Å². The lowest BCUT2D eigenvalue weighted by molar-refractivity contribution is -0.373. The minimum absolute atomic E-state index is 0.00637. The van der Waals surface area contributed by atoms with Gasteiger partial charge < -0.3 is 44.0 Å². The topological polar surface area (TPSA) is 159 Å². The Morgan fingerprint density at radius 1 is 1.05 bits per heavy atom. The van der Waals surface area contributed by atoms with Gasteiger partial charge in [-0.15, -0.1) is 0 Å². The van der Waals surface area contributed by atoms with Crippen LogP contribution in [0.25, 0.3) is 0 Å². The van der Waals surface area contributed by atoms with Crippen molar-refractivity contribution in [3.63, 3.8) is 0 Å². The SMILES string of the molecule is C=CC1O[C@H]2C[C@H]3OC[C@@]3(C)[C@H]3[C@H](OC(=O)c4ccccc4)[C@]4(C(C)(C)O)C[C@H](OC(=O)C(O)[C@H](CC(C)C)NC(=O)OC(C)(C)C)C(C)=C4[C@H](C)[C@H](O1)[C@]23C. The monoisotopic (exact) mass is 781 g/mol. The van der Waals surface area contributed by atoms with E-state index in [1.165, 1.54) is 0 Å². The van der Waals surface area contributed by atoms with E-state index in [9.17, 15) is 24.6 Å². The summed E-state index contributed by atoms with van der Waals surface area (Å²) < 4.78 is 38.3. The average molecular weight is 782 g/mol. The van der Waals surface area contributed by atoms with E-state index >= 15 is 0 Å². The average Bonchev–Trinajstić information content (AvgIpc) is 3.36. The van der Waals surface area contributed by atoms with Gasteiger partial charge in [-0.05, 0) is 83.2 Å². The van der Waals surface area contributed by atoms with Gasteiger partial charge in [0.2, 0.25) is 0 Å². The van der Waals surface area contributed by atoms with E-state index in [1.54, 1.807) is 65.0 Å². The van der Waals surface area contributed by atoms with E-state index in [0.717, 1.165) is 5.57 Å². The van der Waals surface area contributed by atoms with Crippen molar-refractivity contribution in [1.29, 1.82) is 0 Å². The molecule has 5 aliphatic rings. The molecule has 13 atom stereocenters. The maximum absolute atomic E-state index is 14.4. The fourth-order valence-corrected chi connectivity index (χ4v) is 11.1. The summed E-state index contributed by atoms with van der Waals surface area (Å²) in [5.74, 6) is -2.31. The summed E-state index contributed by atoms with van der Waals surface area (Å²) in [7, 11) is 0. The summed E-state index contributed by atoms with van der Waals surface area (Å²) in [6.45, 7) is 25.1. The number of alkyl carbamates (subject to hydrolysis) is 1. The van der Waals surface area contributed by atoms with Crippen molar-refractivity contribution in [3.05, 3.63) is 59.7 Å². The third kappa shape index (κ3) is 7.01. The quantitative estimate of drug-likeness (QED) is 0.139. The summed E-state index contributed by atoms with van der Waals surface area (Å²) in [5.41, 5.74) is -3.09. The molecule has 3 aliphatic carbocycles. The number of aliphatic hydroxyl groups excluding tert-OH is 1. The highest BCUT2D eigenvalue weighted by Crippen LogP contribution is 2.71. The Bertz CT molecular complexity index is 1710. The Morgan fingerprint density at radius 2 is 1.71 bits per heavy atom. The largest absolute Gasteiger partial charge is 0.457 e. The zero-order valence-corrected chi connectivity index (χ0v) is 34.9. The van der Waals surface area contributed by atoms with Crippen LogP contribution in [0, 0.1) is 34.0 Å². The van der Waals surface area contributed by atoms with E-state index in [4.69, 9.17) is 28.4 Å². The maximum Gasteiger partial charge on any atom is 0.407 e. The van der Waals surface area contributed by atoms with Crippen LogP contribution in [0.5, 0.6) is 0 Å². The summed E-state index contributed by atoms with van der Waals surface area (Å²) in [6, 6.07) is 7.78. The van der Waals surface area contributed by atoms with Crippen molar-refractivity contribution in [3.8, 4) is 0 Å². The summed E-state index contributed by atoms with van der Waals surface area (Å²) in [5, 5.41) is 26.9. The molecule has 2 saturated heterocycles. The number of nitrogens with one attached hydrogen (secondary N) is 1. The van der Waals surface area contributed by atoms with Crippen molar-refractivity contribution in [1.82, 2.24) is 5.32 Å². The van der Waals surface area contributed by atoms with Crippen LogP contribution in [0.3, 0.4) is 0 Å². The first-order valence-electron chi connectivity index (χ1n) is 20.1. The molecule has 1 aromatic carbocycles. The van der Waals surface area contributed by atoms with Gasteiger partial charge in [0.1, 0.15) is 17.8 Å². The van der Waals surface area contributed by atoms with Crippen molar-refractivity contribution >= 4 is 18.0 Å². The number of carbonyl (C=O) groups is 3. The minimum atomic E-state index is -1.73. The number of ether oxygens (including phenoxy) is 6. The van der Waals surface area contributed by atoms with E-state index < -0.39 is 88.1 Å². The summed E-state index contributed by atoms with van der Waals surface area (Å²) >= 11 is 0. The zero-order valence-electron chi connectivity index (χ0n) is 34.9. The van der Waals surface area contributed by atoms with Gasteiger partial charge in [-0.2, -0.15) is 0 Å². The van der Waals surface area contributed by atoms with Gasteiger partial charge >= 0.3 is 18.0 Å². The third-order valence-corrected chi connectivity index (χ3v) is 13.5. The smallest absolute Gasteiger partial charge is 0.407 e. The van der Waals surface area contributed by atoms with E-state index in [2.05, 4.69) is 32.7 Å². The zero-order chi connectivity index (χ0) is 41.3. The number of carbonyl (C=O) groups excluding carboxylic acids is 3. The van der Waals surface area contributed by atoms with E-state index in [1.807, 2.05) is 26.8 Å². The second-order valence-corrected chi connectivity index (χ2v) is 19.2. The number of rotatable bonds is 10. The highest BCUT2D eigenvalue weighted by molar-refractivity contribution is 5.89. The first-order valence-corrected chi connectivity index (χ1v) is 20.1. The number of esters is 2. The molecular formula is C44H63NO11. The normalized spacial score (nSPS) is 37.5. The molecule has 3 N–H and O–H groups in total. The maximum atomic E-state index is 14.4. The number of amides is 1. The lowest BCUT2D eigenvalue weighted by atomic mass is 9.46. The molecule has 2 saturated carbocycles. The first kappa shape index (κ1) is 42.3. The molecule has 56 heavy (non-hydrogen) atoms. The first-order chi connectivity index (χ1) is 26.0. The molecule has 2 aliphatic heterocycles. The fourth-order valence-electron chi connectivity index (χ4n) is 11.1. The van der Waals surface area contributed by atoms with Crippen LogP contribution in [0.4, 0.5) is 4.79 Å². The van der Waals surface area contributed by atoms with Gasteiger partial charge in [0.15, 0.2) is 12.4 Å². The molecule has 6 rings (SSSR count). The molecule has 0 bridgehead atoms. The Kier molecular flexibility index (Phi) is 11.2. The highest BCUT2D eigenvalue weighted by Gasteiger charge is 2.77. The van der Waals surface area contributed by atoms with E-state index in [-0.39, 0.29) is 36.9 Å². The van der Waals surface area contributed by atoms with E-state index in [0.29, 0.717) is 24.2 Å². The van der Waals surface area contributed by atoms with Crippen LogP contribution >= 0.6 is 0 Å². The minimum Gasteiger partial charge on any atom is -0.457 e. The predicted octanol–water partition coefficient (Wildman–Crippen LogP) is 6.28. The molecule has 1 amide bonds. The lowest BCUT2D eigenvalue weighted by Crippen LogP contribution is -2.75. The molecule has 0 radical (unpaired) electrons. The number of benzene rings is 1. The molecule has 0 spiro atoms. The molecule has 4 fully saturated rings. The van der Waals surface area contributed by atoms with Gasteiger partial charge in [-0.3, -0.25) is 0 Å². The second-order valence-electron chi connectivity index (χ2n) is 19.2. The molecular weight excluding hydrogens is 718 g/mol. The second kappa shape index (κ2) is 14.8. The Morgan fingerprint density at radius 3 is 2.27 bits per heavy atom. The number of aliphatic hydroxyl groups is 2. The van der Waals surface area contributed by atoms with Crippen molar-refractivity contribution in [2.75, 3.05) is 6.61 Å². The fraction of sp³-hybridized carbons (Fsp3) is 0.705. The molecule has 1 aromatic rings. The van der Waals surface area contributed by atoms with Gasteiger partial charge in [-0.1, -0.05) is 59.4 Å². The van der Waals surface area contributed by atoms with Crippen molar-refractivity contribution in [2.45, 2.75) is 156 Å². The van der Waals surface area contributed by atoms with Crippen molar-refractivity contribution < 1.29 is 53.0 Å². The van der Waals surface area contributed by atoms with Gasteiger partial charge in [-0.25, -0.2) is 14.4 Å².